The third-order valence-corrected chi connectivity index (χ3v) is 6.83. The van der Waals surface area contributed by atoms with Crippen molar-refractivity contribution in [3.8, 4) is 0 Å². The van der Waals surface area contributed by atoms with Crippen molar-refractivity contribution in [2.24, 2.45) is 0 Å². The summed E-state index contributed by atoms with van der Waals surface area (Å²) >= 11 is 0. The molecule has 0 aromatic rings. The van der Waals surface area contributed by atoms with Crippen LogP contribution in [0.4, 0.5) is 0 Å². The fraction of sp³-hybridized carbons (Fsp3) is 0.933. The lowest BCUT2D eigenvalue weighted by Crippen LogP contribution is -2.18. The molecule has 0 heterocycles. The summed E-state index contributed by atoms with van der Waals surface area (Å²) < 4.78 is 5.85. The van der Waals surface area contributed by atoms with Gasteiger partial charge in [0.1, 0.15) is 6.10 Å². The van der Waals surface area contributed by atoms with E-state index in [4.69, 9.17) is 9.84 Å². The molecular weight excluding hydrogens is 424 g/mol. The number of hydrogen-bond acceptors (Lipinski definition) is 3. The van der Waals surface area contributed by atoms with Gasteiger partial charge in [0.25, 0.3) is 0 Å². The van der Waals surface area contributed by atoms with Crippen LogP contribution in [0, 0.1) is 0 Å². The van der Waals surface area contributed by atoms with Crippen LogP contribution < -0.4 is 0 Å². The molecule has 4 nitrogen and oxygen atoms in total. The van der Waals surface area contributed by atoms with Gasteiger partial charge in [-0.05, 0) is 38.5 Å². The van der Waals surface area contributed by atoms with Gasteiger partial charge in [0.15, 0.2) is 0 Å². The van der Waals surface area contributed by atoms with Crippen LogP contribution in [0.15, 0.2) is 0 Å². The largest absolute Gasteiger partial charge is 0.481 e. The minimum Gasteiger partial charge on any atom is -0.481 e. The van der Waals surface area contributed by atoms with E-state index in [0.29, 0.717) is 6.42 Å². The van der Waals surface area contributed by atoms with E-state index in [2.05, 4.69) is 13.8 Å². The molecule has 0 aliphatic carbocycles. The molecule has 1 unspecified atom stereocenters. The number of rotatable bonds is 27. The van der Waals surface area contributed by atoms with Crippen LogP contribution in [0.3, 0.4) is 0 Å². The van der Waals surface area contributed by atoms with Gasteiger partial charge in [-0.25, -0.2) is 0 Å². The van der Waals surface area contributed by atoms with E-state index in [-0.39, 0.29) is 18.5 Å². The van der Waals surface area contributed by atoms with Crippen LogP contribution in [0.1, 0.15) is 174 Å². The lowest BCUT2D eigenvalue weighted by atomic mass is 10.0. The number of carboxylic acid groups (broad SMARTS) is 1. The number of aliphatic carboxylic acids is 1. The van der Waals surface area contributed by atoms with Crippen LogP contribution in [-0.2, 0) is 14.3 Å². The second-order valence-electron chi connectivity index (χ2n) is 10.3. The van der Waals surface area contributed by atoms with Gasteiger partial charge >= 0.3 is 11.9 Å². The number of unbranched alkanes of at least 4 members (excludes halogenated alkanes) is 18. The van der Waals surface area contributed by atoms with E-state index < -0.39 is 5.97 Å². The standard InChI is InChI=1S/C30H58O4/c1-3-5-7-8-9-10-11-12-13-14-15-19-23-27-30(33)34-28(24-20-6-4-2)25-21-17-16-18-22-26-29(31)32/h28H,3-27H2,1-2H3,(H,31,32). The third-order valence-electron chi connectivity index (χ3n) is 6.83. The molecule has 0 fully saturated rings. The topological polar surface area (TPSA) is 63.6 Å². The van der Waals surface area contributed by atoms with Gasteiger partial charge in [0, 0.05) is 12.8 Å². The molecule has 34 heavy (non-hydrogen) atoms. The van der Waals surface area contributed by atoms with E-state index >= 15 is 0 Å². The first-order valence-electron chi connectivity index (χ1n) is 15.0. The summed E-state index contributed by atoms with van der Waals surface area (Å²) in [5.74, 6) is -0.711. The first-order valence-corrected chi connectivity index (χ1v) is 15.0. The van der Waals surface area contributed by atoms with Crippen molar-refractivity contribution in [1.82, 2.24) is 0 Å². The maximum Gasteiger partial charge on any atom is 0.306 e. The summed E-state index contributed by atoms with van der Waals surface area (Å²) in [4.78, 5) is 22.9. The molecule has 4 heteroatoms. The molecule has 0 radical (unpaired) electrons. The summed E-state index contributed by atoms with van der Waals surface area (Å²) in [7, 11) is 0. The van der Waals surface area contributed by atoms with Crippen molar-refractivity contribution in [2.45, 2.75) is 180 Å². The Morgan fingerprint density at radius 3 is 1.35 bits per heavy atom. The van der Waals surface area contributed by atoms with E-state index in [0.717, 1.165) is 64.2 Å². The third kappa shape index (κ3) is 25.6. The second-order valence-corrected chi connectivity index (χ2v) is 10.3. The lowest BCUT2D eigenvalue weighted by molar-refractivity contribution is -0.150. The van der Waals surface area contributed by atoms with Crippen LogP contribution in [-0.4, -0.2) is 23.1 Å². The Bertz CT molecular complexity index is 449. The molecule has 202 valence electrons. The van der Waals surface area contributed by atoms with E-state index in [9.17, 15) is 9.59 Å². The molecule has 0 bridgehead atoms. The van der Waals surface area contributed by atoms with Gasteiger partial charge in [-0.15, -0.1) is 0 Å². The van der Waals surface area contributed by atoms with Crippen molar-refractivity contribution in [3.05, 3.63) is 0 Å². The van der Waals surface area contributed by atoms with Crippen LogP contribution >= 0.6 is 0 Å². The van der Waals surface area contributed by atoms with Gasteiger partial charge in [-0.1, -0.05) is 123 Å². The van der Waals surface area contributed by atoms with Crippen molar-refractivity contribution >= 4 is 11.9 Å². The Kier molecular flexibility index (Phi) is 25.7. The summed E-state index contributed by atoms with van der Waals surface area (Å²) in [5, 5.41) is 8.70. The van der Waals surface area contributed by atoms with Crippen molar-refractivity contribution < 1.29 is 19.4 Å². The molecule has 0 saturated heterocycles. The average Bonchev–Trinajstić information content (AvgIpc) is 2.81. The Hall–Kier alpha value is -1.06. The number of carboxylic acids is 1. The van der Waals surface area contributed by atoms with Crippen LogP contribution in [0.5, 0.6) is 0 Å². The van der Waals surface area contributed by atoms with E-state index in [1.54, 1.807) is 0 Å². The smallest absolute Gasteiger partial charge is 0.306 e. The minimum absolute atomic E-state index is 0.00831. The van der Waals surface area contributed by atoms with Crippen molar-refractivity contribution in [3.63, 3.8) is 0 Å². The summed E-state index contributed by atoms with van der Waals surface area (Å²) in [6.07, 6.45) is 28.4. The molecule has 0 spiro atoms. The summed E-state index contributed by atoms with van der Waals surface area (Å²) in [6.45, 7) is 4.47. The van der Waals surface area contributed by atoms with Gasteiger partial charge in [0.05, 0.1) is 0 Å². The van der Waals surface area contributed by atoms with Crippen LogP contribution in [0.2, 0.25) is 0 Å². The highest BCUT2D eigenvalue weighted by atomic mass is 16.5. The highest BCUT2D eigenvalue weighted by Crippen LogP contribution is 2.18. The fourth-order valence-electron chi connectivity index (χ4n) is 4.59. The SMILES string of the molecule is CCCCCCCCCCCCCCCC(=O)OC(CCCCC)CCCCCCCC(=O)O. The Labute approximate surface area is 212 Å². The maximum absolute atomic E-state index is 12.3. The number of hydrogen-bond donors (Lipinski definition) is 1. The fourth-order valence-corrected chi connectivity index (χ4v) is 4.59. The van der Waals surface area contributed by atoms with E-state index in [1.165, 1.54) is 83.5 Å². The number of carbonyl (C=O) groups excluding carboxylic acids is 1. The predicted octanol–water partition coefficient (Wildman–Crippen LogP) is 9.78. The maximum atomic E-state index is 12.3. The zero-order valence-corrected chi connectivity index (χ0v) is 22.9. The normalized spacial score (nSPS) is 12.1. The molecule has 0 aromatic carbocycles. The summed E-state index contributed by atoms with van der Waals surface area (Å²) in [5.41, 5.74) is 0. The van der Waals surface area contributed by atoms with Crippen LogP contribution in [0.25, 0.3) is 0 Å². The lowest BCUT2D eigenvalue weighted by Gasteiger charge is -2.18. The van der Waals surface area contributed by atoms with Gasteiger partial charge in [-0.3, -0.25) is 9.59 Å². The van der Waals surface area contributed by atoms with Crippen molar-refractivity contribution in [2.75, 3.05) is 0 Å². The minimum atomic E-state index is -0.702. The monoisotopic (exact) mass is 482 g/mol. The Morgan fingerprint density at radius 1 is 0.529 bits per heavy atom. The first kappa shape index (κ1) is 32.9. The zero-order chi connectivity index (χ0) is 25.1. The molecule has 0 aliphatic heterocycles. The van der Waals surface area contributed by atoms with Crippen molar-refractivity contribution in [1.29, 1.82) is 0 Å². The molecule has 0 amide bonds. The second kappa shape index (κ2) is 26.5. The summed E-state index contributed by atoms with van der Waals surface area (Å²) in [6, 6.07) is 0. The first-order chi connectivity index (χ1) is 16.6. The zero-order valence-electron chi connectivity index (χ0n) is 22.9. The average molecular weight is 483 g/mol. The number of carbonyl (C=O) groups is 2. The Morgan fingerprint density at radius 2 is 0.882 bits per heavy atom. The molecule has 0 aromatic heterocycles. The van der Waals surface area contributed by atoms with Gasteiger partial charge in [-0.2, -0.15) is 0 Å². The van der Waals surface area contributed by atoms with Gasteiger partial charge < -0.3 is 9.84 Å². The van der Waals surface area contributed by atoms with E-state index in [1.807, 2.05) is 0 Å². The molecule has 1 atom stereocenters. The molecule has 0 aliphatic rings. The molecular formula is C30H58O4. The highest BCUT2D eigenvalue weighted by molar-refractivity contribution is 5.69. The number of ether oxygens (including phenoxy) is 1. The van der Waals surface area contributed by atoms with Gasteiger partial charge in [0.2, 0.25) is 0 Å². The Balaban J connectivity index is 3.74. The number of esters is 1. The molecule has 0 saturated carbocycles. The molecule has 0 rings (SSSR count). The quantitative estimate of drug-likeness (QED) is 0.0934. The predicted molar refractivity (Wildman–Crippen MR) is 144 cm³/mol. The highest BCUT2D eigenvalue weighted by Gasteiger charge is 2.14. The molecule has 1 N–H and O–H groups in total.